The molecule has 1 saturated heterocycles. The summed E-state index contributed by atoms with van der Waals surface area (Å²) in [6.45, 7) is 12.2. The zero-order chi connectivity index (χ0) is 17.2. The SMILES string of the molecule is CC.CCC(O)(CC)OCCC(=O)[C@@H]1COC(CC)(CC)O1. The Kier molecular flexibility index (Phi) is 10.1. The molecule has 5 heteroatoms. The molecule has 1 fully saturated rings. The van der Waals surface area contributed by atoms with Crippen LogP contribution in [0.5, 0.6) is 0 Å². The van der Waals surface area contributed by atoms with Crippen molar-refractivity contribution in [3.05, 3.63) is 0 Å². The number of Topliss-reactive ketones (excluding diaryl/α,β-unsaturated/α-hetero) is 1. The predicted octanol–water partition coefficient (Wildman–Crippen LogP) is 3.43. The number of ether oxygens (including phenoxy) is 3. The summed E-state index contributed by atoms with van der Waals surface area (Å²) in [7, 11) is 0. The van der Waals surface area contributed by atoms with E-state index in [0.29, 0.717) is 19.4 Å². The molecule has 1 atom stereocenters. The van der Waals surface area contributed by atoms with Crippen LogP contribution in [0.1, 0.15) is 73.6 Å². The fourth-order valence-corrected chi connectivity index (χ4v) is 2.29. The first-order chi connectivity index (χ1) is 10.4. The monoisotopic (exact) mass is 318 g/mol. The average molecular weight is 318 g/mol. The molecule has 1 aliphatic rings. The van der Waals surface area contributed by atoms with Crippen molar-refractivity contribution in [2.24, 2.45) is 0 Å². The maximum atomic E-state index is 12.1. The van der Waals surface area contributed by atoms with Crippen LogP contribution in [0.2, 0.25) is 0 Å². The van der Waals surface area contributed by atoms with Crippen LogP contribution in [0.25, 0.3) is 0 Å². The van der Waals surface area contributed by atoms with E-state index in [4.69, 9.17) is 14.2 Å². The van der Waals surface area contributed by atoms with Gasteiger partial charge in [0.1, 0.15) is 6.10 Å². The lowest BCUT2D eigenvalue weighted by Gasteiger charge is -2.26. The van der Waals surface area contributed by atoms with E-state index in [1.165, 1.54) is 0 Å². The standard InChI is InChI=1S/C15H28O5.C2H6/c1-5-14(17,6-2)18-10-9-12(16)13-11-19-15(7-3,8-4)20-13;1-2/h13,17H,5-11H2,1-4H3;1-2H3/t13-;/m0./s1. The largest absolute Gasteiger partial charge is 0.365 e. The highest BCUT2D eigenvalue weighted by Gasteiger charge is 2.41. The molecular weight excluding hydrogens is 284 g/mol. The molecule has 0 spiro atoms. The molecule has 0 aliphatic carbocycles. The molecule has 1 N–H and O–H groups in total. The number of carbonyl (C=O) groups excluding carboxylic acids is 1. The average Bonchev–Trinajstić information content (AvgIpc) is 3.01. The summed E-state index contributed by atoms with van der Waals surface area (Å²) in [6.07, 6.45) is 2.21. The van der Waals surface area contributed by atoms with Gasteiger partial charge in [0.2, 0.25) is 0 Å². The Balaban J connectivity index is 0.00000211. The van der Waals surface area contributed by atoms with E-state index in [9.17, 15) is 9.90 Å². The van der Waals surface area contributed by atoms with Crippen molar-refractivity contribution in [3.63, 3.8) is 0 Å². The molecule has 1 aliphatic heterocycles. The smallest absolute Gasteiger partial charge is 0.169 e. The van der Waals surface area contributed by atoms with E-state index < -0.39 is 17.7 Å². The third-order valence-electron chi connectivity index (χ3n) is 4.12. The van der Waals surface area contributed by atoms with Gasteiger partial charge in [0, 0.05) is 6.42 Å². The van der Waals surface area contributed by atoms with Crippen LogP contribution in [0.4, 0.5) is 0 Å². The van der Waals surface area contributed by atoms with Gasteiger partial charge >= 0.3 is 0 Å². The van der Waals surface area contributed by atoms with Gasteiger partial charge in [-0.25, -0.2) is 0 Å². The number of ketones is 1. The van der Waals surface area contributed by atoms with Crippen LogP contribution in [0.3, 0.4) is 0 Å². The fourth-order valence-electron chi connectivity index (χ4n) is 2.29. The first kappa shape index (κ1) is 21.5. The molecule has 0 aromatic rings. The van der Waals surface area contributed by atoms with Crippen LogP contribution >= 0.6 is 0 Å². The molecule has 0 saturated carbocycles. The summed E-state index contributed by atoms with van der Waals surface area (Å²) in [6, 6.07) is 0. The molecule has 1 heterocycles. The summed E-state index contributed by atoms with van der Waals surface area (Å²) >= 11 is 0. The van der Waals surface area contributed by atoms with Gasteiger partial charge < -0.3 is 19.3 Å². The van der Waals surface area contributed by atoms with Gasteiger partial charge in [0.15, 0.2) is 17.4 Å². The highest BCUT2D eigenvalue weighted by molar-refractivity contribution is 5.83. The Labute approximate surface area is 135 Å². The Bertz CT molecular complexity index is 308. The highest BCUT2D eigenvalue weighted by Crippen LogP contribution is 2.30. The van der Waals surface area contributed by atoms with Gasteiger partial charge in [-0.05, 0) is 25.7 Å². The van der Waals surface area contributed by atoms with Crippen LogP contribution in [-0.4, -0.2) is 41.8 Å². The molecule has 5 nitrogen and oxygen atoms in total. The molecule has 0 aromatic heterocycles. The zero-order valence-corrected chi connectivity index (χ0v) is 15.1. The second kappa shape index (κ2) is 10.3. The fraction of sp³-hybridized carbons (Fsp3) is 0.941. The molecule has 22 heavy (non-hydrogen) atoms. The van der Waals surface area contributed by atoms with E-state index in [0.717, 1.165) is 12.8 Å². The first-order valence-corrected chi connectivity index (χ1v) is 8.65. The van der Waals surface area contributed by atoms with Crippen molar-refractivity contribution in [2.45, 2.75) is 91.3 Å². The van der Waals surface area contributed by atoms with Crippen LogP contribution in [0.15, 0.2) is 0 Å². The minimum absolute atomic E-state index is 0.0247. The highest BCUT2D eigenvalue weighted by atomic mass is 16.7. The van der Waals surface area contributed by atoms with E-state index in [-0.39, 0.29) is 18.8 Å². The van der Waals surface area contributed by atoms with Crippen LogP contribution < -0.4 is 0 Å². The lowest BCUT2D eigenvalue weighted by Crippen LogP contribution is -2.34. The van der Waals surface area contributed by atoms with Crippen molar-refractivity contribution >= 4 is 5.78 Å². The molecule has 0 unspecified atom stereocenters. The van der Waals surface area contributed by atoms with Crippen molar-refractivity contribution in [1.29, 1.82) is 0 Å². The van der Waals surface area contributed by atoms with Gasteiger partial charge in [-0.2, -0.15) is 0 Å². The minimum atomic E-state index is -1.12. The summed E-state index contributed by atoms with van der Waals surface area (Å²) < 4.78 is 16.8. The predicted molar refractivity (Wildman–Crippen MR) is 86.6 cm³/mol. The lowest BCUT2D eigenvalue weighted by molar-refractivity contribution is -0.208. The number of carbonyl (C=O) groups is 1. The quantitative estimate of drug-likeness (QED) is 0.660. The number of rotatable bonds is 9. The van der Waals surface area contributed by atoms with Gasteiger partial charge in [-0.3, -0.25) is 4.79 Å². The Morgan fingerprint density at radius 2 is 1.77 bits per heavy atom. The number of aliphatic hydroxyl groups is 1. The second-order valence-electron chi connectivity index (χ2n) is 5.25. The summed E-state index contributed by atoms with van der Waals surface area (Å²) in [5, 5.41) is 9.98. The lowest BCUT2D eigenvalue weighted by atomic mass is 10.1. The van der Waals surface area contributed by atoms with Crippen LogP contribution in [-0.2, 0) is 19.0 Å². The molecule has 132 valence electrons. The number of hydrogen-bond acceptors (Lipinski definition) is 5. The van der Waals surface area contributed by atoms with Gasteiger partial charge in [-0.15, -0.1) is 0 Å². The summed E-state index contributed by atoms with van der Waals surface area (Å²) in [5.41, 5.74) is 0. The maximum Gasteiger partial charge on any atom is 0.169 e. The molecule has 0 amide bonds. The minimum Gasteiger partial charge on any atom is -0.365 e. The maximum absolute atomic E-state index is 12.1. The third-order valence-corrected chi connectivity index (χ3v) is 4.12. The Morgan fingerprint density at radius 1 is 1.23 bits per heavy atom. The Morgan fingerprint density at radius 3 is 2.18 bits per heavy atom. The van der Waals surface area contributed by atoms with Gasteiger partial charge in [0.05, 0.1) is 13.2 Å². The van der Waals surface area contributed by atoms with Crippen LogP contribution in [0, 0.1) is 0 Å². The topological polar surface area (TPSA) is 65.0 Å². The second-order valence-corrected chi connectivity index (χ2v) is 5.25. The molecule has 0 aromatic carbocycles. The van der Waals surface area contributed by atoms with Gasteiger partial charge in [-0.1, -0.05) is 41.5 Å². The van der Waals surface area contributed by atoms with Gasteiger partial charge in [0.25, 0.3) is 0 Å². The van der Waals surface area contributed by atoms with E-state index in [1.807, 2.05) is 41.5 Å². The molecule has 1 rings (SSSR count). The van der Waals surface area contributed by atoms with E-state index in [2.05, 4.69) is 0 Å². The number of hydrogen-bond donors (Lipinski definition) is 1. The van der Waals surface area contributed by atoms with E-state index >= 15 is 0 Å². The molecular formula is C17H34O5. The summed E-state index contributed by atoms with van der Waals surface area (Å²) in [4.78, 5) is 12.1. The third kappa shape index (κ3) is 5.95. The van der Waals surface area contributed by atoms with Crippen molar-refractivity contribution in [3.8, 4) is 0 Å². The summed E-state index contributed by atoms with van der Waals surface area (Å²) in [5.74, 6) is -1.75. The van der Waals surface area contributed by atoms with Crippen molar-refractivity contribution in [1.82, 2.24) is 0 Å². The Hall–Kier alpha value is -0.490. The first-order valence-electron chi connectivity index (χ1n) is 8.65. The van der Waals surface area contributed by atoms with E-state index in [1.54, 1.807) is 0 Å². The molecule has 0 radical (unpaired) electrons. The van der Waals surface area contributed by atoms with Crippen molar-refractivity contribution < 1.29 is 24.1 Å². The van der Waals surface area contributed by atoms with Crippen molar-refractivity contribution in [2.75, 3.05) is 13.2 Å². The normalized spacial score (nSPS) is 20.4. The zero-order valence-electron chi connectivity index (χ0n) is 15.1. The molecule has 0 bridgehead atoms.